The van der Waals surface area contributed by atoms with E-state index in [9.17, 15) is 4.79 Å². The van der Waals surface area contributed by atoms with Gasteiger partial charge in [0.1, 0.15) is 0 Å². The van der Waals surface area contributed by atoms with E-state index in [4.69, 9.17) is 9.26 Å². The summed E-state index contributed by atoms with van der Waals surface area (Å²) < 4.78 is 10.2. The summed E-state index contributed by atoms with van der Waals surface area (Å²) in [5.41, 5.74) is 3.01. The molecule has 7 nitrogen and oxygen atoms in total. The number of aromatic nitrogens is 3. The minimum atomic E-state index is -0.182. The Morgan fingerprint density at radius 1 is 1.12 bits per heavy atom. The number of pyridine rings is 1. The van der Waals surface area contributed by atoms with Crippen molar-refractivity contribution in [3.05, 3.63) is 59.1 Å². The molecular weight excluding hydrogens is 320 g/mol. The summed E-state index contributed by atoms with van der Waals surface area (Å²) in [5.74, 6) is 1.33. The first kappa shape index (κ1) is 16.6. The van der Waals surface area contributed by atoms with Gasteiger partial charge in [0.25, 0.3) is 5.91 Å². The number of methoxy groups -OCH3 is 1. The molecule has 0 aliphatic rings. The molecule has 1 N–H and O–H groups in total. The highest BCUT2D eigenvalue weighted by molar-refractivity contribution is 5.94. The van der Waals surface area contributed by atoms with Crippen molar-refractivity contribution < 1.29 is 14.1 Å². The standard InChI is InChI=1S/C18H18N4O3/c1-11-4-5-15(18(20-11)24-3)10-19-17(23)14-8-6-13(7-9-14)16-21-12(2)25-22-16/h4-9H,10H2,1-3H3,(H,19,23). The van der Waals surface area contributed by atoms with Gasteiger partial charge >= 0.3 is 0 Å². The molecule has 0 saturated carbocycles. The minimum Gasteiger partial charge on any atom is -0.481 e. The quantitative estimate of drug-likeness (QED) is 0.769. The van der Waals surface area contributed by atoms with Crippen molar-refractivity contribution in [2.45, 2.75) is 20.4 Å². The number of carbonyl (C=O) groups is 1. The lowest BCUT2D eigenvalue weighted by Gasteiger charge is -2.09. The molecule has 0 aliphatic carbocycles. The Hall–Kier alpha value is -3.22. The van der Waals surface area contributed by atoms with Crippen LogP contribution in [0, 0.1) is 13.8 Å². The zero-order valence-electron chi connectivity index (χ0n) is 14.2. The van der Waals surface area contributed by atoms with Crippen LogP contribution in [0.5, 0.6) is 5.88 Å². The first-order valence-electron chi connectivity index (χ1n) is 7.76. The van der Waals surface area contributed by atoms with Crippen LogP contribution in [-0.2, 0) is 6.54 Å². The Balaban J connectivity index is 1.67. The molecule has 1 amide bonds. The third-order valence-electron chi connectivity index (χ3n) is 3.64. The topological polar surface area (TPSA) is 90.1 Å². The molecule has 2 aromatic heterocycles. The lowest BCUT2D eigenvalue weighted by atomic mass is 10.1. The third kappa shape index (κ3) is 3.82. The minimum absolute atomic E-state index is 0.182. The van der Waals surface area contributed by atoms with Crippen molar-refractivity contribution in [2.24, 2.45) is 0 Å². The Morgan fingerprint density at radius 2 is 1.88 bits per heavy atom. The number of hydrogen-bond donors (Lipinski definition) is 1. The predicted molar refractivity (Wildman–Crippen MR) is 91.2 cm³/mol. The zero-order chi connectivity index (χ0) is 17.8. The summed E-state index contributed by atoms with van der Waals surface area (Å²) in [6, 6.07) is 10.8. The van der Waals surface area contributed by atoms with Gasteiger partial charge in [-0.3, -0.25) is 4.79 Å². The van der Waals surface area contributed by atoms with E-state index in [0.717, 1.165) is 16.8 Å². The smallest absolute Gasteiger partial charge is 0.251 e. The monoisotopic (exact) mass is 338 g/mol. The fourth-order valence-electron chi connectivity index (χ4n) is 2.34. The lowest BCUT2D eigenvalue weighted by Crippen LogP contribution is -2.23. The van der Waals surface area contributed by atoms with E-state index in [1.165, 1.54) is 0 Å². The summed E-state index contributed by atoms with van der Waals surface area (Å²) >= 11 is 0. The fraction of sp³-hybridized carbons (Fsp3) is 0.222. The molecule has 7 heteroatoms. The summed E-state index contributed by atoms with van der Waals surface area (Å²) in [6.07, 6.45) is 0. The summed E-state index contributed by atoms with van der Waals surface area (Å²) in [5, 5.41) is 6.72. The van der Waals surface area contributed by atoms with Crippen LogP contribution in [0.1, 0.15) is 27.5 Å². The average Bonchev–Trinajstić information content (AvgIpc) is 3.06. The molecule has 25 heavy (non-hydrogen) atoms. The number of hydrogen-bond acceptors (Lipinski definition) is 6. The second-order valence-electron chi connectivity index (χ2n) is 5.52. The van der Waals surface area contributed by atoms with Gasteiger partial charge in [0.2, 0.25) is 17.6 Å². The maximum absolute atomic E-state index is 12.3. The molecule has 0 atom stereocenters. The number of benzene rings is 1. The van der Waals surface area contributed by atoms with Crippen LogP contribution >= 0.6 is 0 Å². The Morgan fingerprint density at radius 3 is 2.52 bits per heavy atom. The van der Waals surface area contributed by atoms with E-state index >= 15 is 0 Å². The van der Waals surface area contributed by atoms with Gasteiger partial charge < -0.3 is 14.6 Å². The van der Waals surface area contributed by atoms with Crippen molar-refractivity contribution in [1.82, 2.24) is 20.4 Å². The normalized spacial score (nSPS) is 10.5. The molecule has 0 aliphatic heterocycles. The van der Waals surface area contributed by atoms with Crippen molar-refractivity contribution >= 4 is 5.91 Å². The number of amides is 1. The summed E-state index contributed by atoms with van der Waals surface area (Å²) in [4.78, 5) is 20.8. The molecular formula is C18H18N4O3. The maximum atomic E-state index is 12.3. The third-order valence-corrected chi connectivity index (χ3v) is 3.64. The van der Waals surface area contributed by atoms with Crippen molar-refractivity contribution in [2.75, 3.05) is 7.11 Å². The van der Waals surface area contributed by atoms with Crippen molar-refractivity contribution in [1.29, 1.82) is 0 Å². The molecule has 2 heterocycles. The Kier molecular flexibility index (Phi) is 4.74. The number of rotatable bonds is 5. The van der Waals surface area contributed by atoms with Crippen LogP contribution in [0.3, 0.4) is 0 Å². The molecule has 0 saturated heterocycles. The lowest BCUT2D eigenvalue weighted by molar-refractivity contribution is 0.0950. The Bertz CT molecular complexity index is 888. The summed E-state index contributed by atoms with van der Waals surface area (Å²) in [7, 11) is 1.56. The molecule has 0 radical (unpaired) electrons. The van der Waals surface area contributed by atoms with Crippen LogP contribution in [0.4, 0.5) is 0 Å². The first-order chi connectivity index (χ1) is 12.1. The average molecular weight is 338 g/mol. The molecule has 0 unspecified atom stereocenters. The van der Waals surface area contributed by atoms with E-state index in [0.29, 0.717) is 29.7 Å². The highest BCUT2D eigenvalue weighted by Gasteiger charge is 2.11. The van der Waals surface area contributed by atoms with E-state index < -0.39 is 0 Å². The van der Waals surface area contributed by atoms with Crippen LogP contribution in [0.2, 0.25) is 0 Å². The molecule has 128 valence electrons. The van der Waals surface area contributed by atoms with Gasteiger partial charge in [0.05, 0.1) is 7.11 Å². The van der Waals surface area contributed by atoms with Gasteiger partial charge in [0, 0.05) is 35.9 Å². The largest absolute Gasteiger partial charge is 0.481 e. The second kappa shape index (κ2) is 7.12. The fourth-order valence-corrected chi connectivity index (χ4v) is 2.34. The SMILES string of the molecule is COc1nc(C)ccc1CNC(=O)c1ccc(-c2noc(C)n2)cc1. The van der Waals surface area contributed by atoms with Crippen LogP contribution < -0.4 is 10.1 Å². The number of carbonyl (C=O) groups excluding carboxylic acids is 1. The molecule has 3 aromatic rings. The zero-order valence-corrected chi connectivity index (χ0v) is 14.2. The van der Waals surface area contributed by atoms with Crippen LogP contribution in [-0.4, -0.2) is 28.1 Å². The van der Waals surface area contributed by atoms with Gasteiger partial charge in [0.15, 0.2) is 0 Å². The molecule has 0 fully saturated rings. The van der Waals surface area contributed by atoms with Crippen molar-refractivity contribution in [3.8, 4) is 17.3 Å². The van der Waals surface area contributed by atoms with Gasteiger partial charge in [-0.05, 0) is 25.1 Å². The van der Waals surface area contributed by atoms with Gasteiger partial charge in [-0.15, -0.1) is 0 Å². The van der Waals surface area contributed by atoms with Crippen LogP contribution in [0.15, 0.2) is 40.9 Å². The van der Waals surface area contributed by atoms with E-state index in [-0.39, 0.29) is 5.91 Å². The number of nitrogens with zero attached hydrogens (tertiary/aromatic N) is 3. The summed E-state index contributed by atoms with van der Waals surface area (Å²) in [6.45, 7) is 3.95. The Labute approximate surface area is 145 Å². The van der Waals surface area contributed by atoms with E-state index in [2.05, 4.69) is 20.4 Å². The number of aryl methyl sites for hydroxylation is 2. The first-order valence-corrected chi connectivity index (χ1v) is 7.76. The van der Waals surface area contributed by atoms with E-state index in [1.807, 2.05) is 19.1 Å². The molecule has 0 bridgehead atoms. The highest BCUT2D eigenvalue weighted by Crippen LogP contribution is 2.17. The molecule has 3 rings (SSSR count). The predicted octanol–water partition coefficient (Wildman–Crippen LogP) is 2.69. The van der Waals surface area contributed by atoms with Gasteiger partial charge in [-0.25, -0.2) is 4.98 Å². The van der Waals surface area contributed by atoms with Gasteiger partial charge in [-0.1, -0.05) is 23.4 Å². The molecule has 1 aromatic carbocycles. The maximum Gasteiger partial charge on any atom is 0.251 e. The van der Waals surface area contributed by atoms with E-state index in [1.54, 1.807) is 38.3 Å². The molecule has 0 spiro atoms. The van der Waals surface area contributed by atoms with Crippen LogP contribution in [0.25, 0.3) is 11.4 Å². The second-order valence-corrected chi connectivity index (χ2v) is 5.52. The van der Waals surface area contributed by atoms with Gasteiger partial charge in [-0.2, -0.15) is 4.98 Å². The number of ether oxygens (including phenoxy) is 1. The van der Waals surface area contributed by atoms with Crippen molar-refractivity contribution in [3.63, 3.8) is 0 Å². The number of nitrogens with one attached hydrogen (secondary N) is 1. The highest BCUT2D eigenvalue weighted by atomic mass is 16.5.